The summed E-state index contributed by atoms with van der Waals surface area (Å²) in [6.45, 7) is 6.03. The Morgan fingerprint density at radius 3 is 2.36 bits per heavy atom. The molecule has 2 amide bonds. The van der Waals surface area contributed by atoms with E-state index in [-0.39, 0.29) is 23.3 Å². The molecule has 0 spiro atoms. The van der Waals surface area contributed by atoms with Crippen LogP contribution in [0.5, 0.6) is 0 Å². The van der Waals surface area contributed by atoms with Crippen molar-refractivity contribution in [1.82, 2.24) is 19.7 Å². The molecule has 5 rings (SSSR count). The summed E-state index contributed by atoms with van der Waals surface area (Å²) in [5.41, 5.74) is 6.31. The number of hydrogen-bond donors (Lipinski definition) is 2. The smallest absolute Gasteiger partial charge is 0.234 e. The fourth-order valence-electron chi connectivity index (χ4n) is 4.40. The van der Waals surface area contributed by atoms with E-state index in [1.54, 1.807) is 22.8 Å². The molecular formula is C29H26Cl2N6O2S3. The van der Waals surface area contributed by atoms with Crippen LogP contribution in [0.15, 0.2) is 58.0 Å². The number of hydrogen-bond acceptors (Lipinski definition) is 8. The van der Waals surface area contributed by atoms with Crippen molar-refractivity contribution in [3.05, 3.63) is 75.3 Å². The van der Waals surface area contributed by atoms with E-state index in [0.717, 1.165) is 31.4 Å². The number of benzene rings is 3. The predicted octanol–water partition coefficient (Wildman–Crippen LogP) is 7.79. The van der Waals surface area contributed by atoms with Crippen molar-refractivity contribution < 1.29 is 9.59 Å². The average Bonchev–Trinajstić information content (AvgIpc) is 3.50. The number of amides is 2. The van der Waals surface area contributed by atoms with Crippen molar-refractivity contribution in [2.45, 2.75) is 30.3 Å². The monoisotopic (exact) mass is 656 g/mol. The topological polar surface area (TPSA) is 102 Å². The maximum atomic E-state index is 12.7. The summed E-state index contributed by atoms with van der Waals surface area (Å²) < 4.78 is 3.50. The van der Waals surface area contributed by atoms with Gasteiger partial charge in [-0.2, -0.15) is 0 Å². The van der Waals surface area contributed by atoms with Gasteiger partial charge in [-0.1, -0.05) is 64.4 Å². The van der Waals surface area contributed by atoms with Crippen molar-refractivity contribution in [1.29, 1.82) is 0 Å². The number of halogens is 2. The lowest BCUT2D eigenvalue weighted by molar-refractivity contribution is -0.114. The standard InChI is InChI=1S/C29H26Cl2N6O2S3/c1-15-9-16(2)26(17(3)10-15)34-25(39)14-41-29-33-22-8-6-19(12-23(22)42-29)32-24(38)13-40-28-36-35-27(37(28)4)20-7-5-18(30)11-21(20)31/h5-12H,13-14H2,1-4H3,(H,32,38)(H,34,39). The number of thioether (sulfide) groups is 2. The van der Waals surface area contributed by atoms with E-state index < -0.39 is 0 Å². The molecule has 216 valence electrons. The van der Waals surface area contributed by atoms with Gasteiger partial charge >= 0.3 is 0 Å². The van der Waals surface area contributed by atoms with Crippen LogP contribution in [0.25, 0.3) is 21.6 Å². The van der Waals surface area contributed by atoms with Crippen molar-refractivity contribution in [2.75, 3.05) is 22.1 Å². The molecule has 2 N–H and O–H groups in total. The second-order valence-corrected chi connectivity index (χ2v) is 13.6. The molecule has 0 saturated carbocycles. The lowest BCUT2D eigenvalue weighted by Gasteiger charge is -2.12. The SMILES string of the molecule is Cc1cc(C)c(NC(=O)CSc2nc3ccc(NC(=O)CSc4nnc(-c5ccc(Cl)cc5Cl)n4C)cc3s2)c(C)c1. The Morgan fingerprint density at radius 2 is 1.62 bits per heavy atom. The van der Waals surface area contributed by atoms with Gasteiger partial charge in [0.25, 0.3) is 0 Å². The summed E-state index contributed by atoms with van der Waals surface area (Å²) in [6.07, 6.45) is 0. The summed E-state index contributed by atoms with van der Waals surface area (Å²) in [7, 11) is 1.82. The summed E-state index contributed by atoms with van der Waals surface area (Å²) >= 11 is 16.5. The quantitative estimate of drug-likeness (QED) is 0.156. The Balaban J connectivity index is 1.16. The zero-order chi connectivity index (χ0) is 30.0. The van der Waals surface area contributed by atoms with Gasteiger partial charge in [-0.25, -0.2) is 4.98 Å². The zero-order valence-corrected chi connectivity index (χ0v) is 27.1. The van der Waals surface area contributed by atoms with Crippen LogP contribution < -0.4 is 10.6 Å². The zero-order valence-electron chi connectivity index (χ0n) is 23.1. The van der Waals surface area contributed by atoms with Gasteiger partial charge in [-0.15, -0.1) is 21.5 Å². The Labute approximate surface area is 265 Å². The van der Waals surface area contributed by atoms with Gasteiger partial charge in [0, 0.05) is 29.0 Å². The fourth-order valence-corrected chi connectivity index (χ4v) is 7.51. The largest absolute Gasteiger partial charge is 0.325 e. The number of aromatic nitrogens is 4. The van der Waals surface area contributed by atoms with Crippen LogP contribution in [-0.2, 0) is 16.6 Å². The molecular weight excluding hydrogens is 631 g/mol. The molecule has 2 heterocycles. The highest BCUT2D eigenvalue weighted by atomic mass is 35.5. The molecule has 3 aromatic carbocycles. The number of nitrogens with one attached hydrogen (secondary N) is 2. The van der Waals surface area contributed by atoms with Crippen LogP contribution in [0, 0.1) is 20.8 Å². The number of fused-ring (bicyclic) bond motifs is 1. The van der Waals surface area contributed by atoms with Crippen molar-refractivity contribution in [3.8, 4) is 11.4 Å². The molecule has 0 aliphatic rings. The number of carbonyl (C=O) groups excluding carboxylic acids is 2. The summed E-state index contributed by atoms with van der Waals surface area (Å²) in [5, 5.41) is 16.0. The Bertz CT molecular complexity index is 1800. The van der Waals surface area contributed by atoms with Gasteiger partial charge < -0.3 is 15.2 Å². The minimum atomic E-state index is -0.175. The van der Waals surface area contributed by atoms with Gasteiger partial charge in [0.1, 0.15) is 0 Å². The van der Waals surface area contributed by atoms with Gasteiger partial charge in [0.2, 0.25) is 11.8 Å². The van der Waals surface area contributed by atoms with Crippen molar-refractivity contribution in [2.24, 2.45) is 7.05 Å². The van der Waals surface area contributed by atoms with E-state index in [9.17, 15) is 9.59 Å². The number of carbonyl (C=O) groups is 2. The molecule has 0 aliphatic carbocycles. The summed E-state index contributed by atoms with van der Waals surface area (Å²) in [6, 6.07) is 14.9. The average molecular weight is 658 g/mol. The number of aryl methyl sites for hydroxylation is 3. The summed E-state index contributed by atoms with van der Waals surface area (Å²) in [4.78, 5) is 30.0. The molecule has 0 saturated heterocycles. The van der Waals surface area contributed by atoms with Crippen LogP contribution in [0.4, 0.5) is 11.4 Å². The third-order valence-corrected chi connectivity index (χ3v) is 9.99. The molecule has 8 nitrogen and oxygen atoms in total. The van der Waals surface area contributed by atoms with E-state index in [1.165, 1.54) is 40.4 Å². The first-order valence-electron chi connectivity index (χ1n) is 12.8. The maximum Gasteiger partial charge on any atom is 0.234 e. The third-order valence-electron chi connectivity index (χ3n) is 6.26. The van der Waals surface area contributed by atoms with Gasteiger partial charge in [0.05, 0.1) is 26.7 Å². The normalized spacial score (nSPS) is 11.2. The molecule has 0 unspecified atom stereocenters. The Morgan fingerprint density at radius 1 is 0.905 bits per heavy atom. The highest BCUT2D eigenvalue weighted by molar-refractivity contribution is 8.01. The highest BCUT2D eigenvalue weighted by Gasteiger charge is 2.16. The number of thiazole rings is 1. The second-order valence-electron chi connectivity index (χ2n) is 9.60. The van der Waals surface area contributed by atoms with E-state index in [4.69, 9.17) is 23.2 Å². The molecule has 0 bridgehead atoms. The number of rotatable bonds is 9. The predicted molar refractivity (Wildman–Crippen MR) is 175 cm³/mol. The van der Waals surface area contributed by atoms with Gasteiger partial charge in [-0.05, 0) is 68.3 Å². The molecule has 0 aliphatic heterocycles. The summed E-state index contributed by atoms with van der Waals surface area (Å²) in [5.74, 6) is 0.734. The molecule has 42 heavy (non-hydrogen) atoms. The van der Waals surface area contributed by atoms with Crippen LogP contribution in [0.1, 0.15) is 16.7 Å². The Kier molecular flexibility index (Phi) is 9.44. The minimum Gasteiger partial charge on any atom is -0.325 e. The second kappa shape index (κ2) is 13.0. The molecule has 2 aromatic heterocycles. The molecule has 0 atom stereocenters. The third kappa shape index (κ3) is 7.09. The number of anilines is 2. The Hall–Kier alpha value is -3.09. The first-order valence-corrected chi connectivity index (χ1v) is 16.3. The van der Waals surface area contributed by atoms with E-state index in [0.29, 0.717) is 32.3 Å². The lowest BCUT2D eigenvalue weighted by atomic mass is 10.1. The molecule has 5 aromatic rings. The maximum absolute atomic E-state index is 12.7. The van der Waals surface area contributed by atoms with Crippen LogP contribution in [0.3, 0.4) is 0 Å². The van der Waals surface area contributed by atoms with Crippen LogP contribution >= 0.6 is 58.1 Å². The van der Waals surface area contributed by atoms with E-state index in [2.05, 4.69) is 37.9 Å². The molecule has 0 fully saturated rings. The van der Waals surface area contributed by atoms with Crippen LogP contribution in [-0.4, -0.2) is 43.1 Å². The van der Waals surface area contributed by atoms with E-state index in [1.807, 2.05) is 46.0 Å². The van der Waals surface area contributed by atoms with Crippen LogP contribution in [0.2, 0.25) is 10.0 Å². The van der Waals surface area contributed by atoms with Crippen molar-refractivity contribution in [3.63, 3.8) is 0 Å². The van der Waals surface area contributed by atoms with Gasteiger partial charge in [-0.3, -0.25) is 9.59 Å². The fraction of sp³-hybridized carbons (Fsp3) is 0.207. The number of nitrogens with zero attached hydrogens (tertiary/aromatic N) is 4. The first-order chi connectivity index (χ1) is 20.1. The first kappa shape index (κ1) is 30.4. The highest BCUT2D eigenvalue weighted by Crippen LogP contribution is 2.33. The molecule has 0 radical (unpaired) electrons. The molecule has 13 heteroatoms. The minimum absolute atomic E-state index is 0.0777. The van der Waals surface area contributed by atoms with Crippen molar-refractivity contribution >= 4 is 91.5 Å². The van der Waals surface area contributed by atoms with Gasteiger partial charge in [0.15, 0.2) is 15.3 Å². The van der Waals surface area contributed by atoms with E-state index >= 15 is 0 Å². The lowest BCUT2D eigenvalue weighted by Crippen LogP contribution is -2.15.